The molecular formula is C13H17F3N2O. The first-order chi connectivity index (χ1) is 8.80. The zero-order valence-corrected chi connectivity index (χ0v) is 10.9. The molecule has 0 saturated heterocycles. The summed E-state index contributed by atoms with van der Waals surface area (Å²) in [7, 11) is 3.34. The summed E-state index contributed by atoms with van der Waals surface area (Å²) >= 11 is 0. The van der Waals surface area contributed by atoms with Gasteiger partial charge in [0.25, 0.3) is 0 Å². The van der Waals surface area contributed by atoms with Gasteiger partial charge in [0.2, 0.25) is 5.91 Å². The van der Waals surface area contributed by atoms with Crippen molar-refractivity contribution in [1.29, 1.82) is 0 Å². The molecule has 0 fully saturated rings. The SMILES string of the molecule is CN(C)C(=O)CCCNc1cccc(C(F)(F)F)c1. The van der Waals surface area contributed by atoms with E-state index in [1.165, 1.54) is 11.0 Å². The number of nitrogens with zero attached hydrogens (tertiary/aromatic N) is 1. The van der Waals surface area contributed by atoms with Gasteiger partial charge in [0.1, 0.15) is 0 Å². The van der Waals surface area contributed by atoms with Gasteiger partial charge in [-0.15, -0.1) is 0 Å². The number of alkyl halides is 3. The third-order valence-electron chi connectivity index (χ3n) is 2.59. The van der Waals surface area contributed by atoms with Crippen molar-refractivity contribution in [3.05, 3.63) is 29.8 Å². The molecule has 0 radical (unpaired) electrons. The number of hydrogen-bond acceptors (Lipinski definition) is 2. The highest BCUT2D eigenvalue weighted by Crippen LogP contribution is 2.30. The summed E-state index contributed by atoms with van der Waals surface area (Å²) in [6.07, 6.45) is -3.38. The Balaban J connectivity index is 2.44. The summed E-state index contributed by atoms with van der Waals surface area (Å²) in [5, 5.41) is 2.88. The number of halogens is 3. The van der Waals surface area contributed by atoms with E-state index in [2.05, 4.69) is 5.32 Å². The summed E-state index contributed by atoms with van der Waals surface area (Å²) in [4.78, 5) is 12.8. The lowest BCUT2D eigenvalue weighted by Crippen LogP contribution is -2.22. The molecular weight excluding hydrogens is 257 g/mol. The van der Waals surface area contributed by atoms with Crippen LogP contribution in [0.2, 0.25) is 0 Å². The molecule has 0 atom stereocenters. The molecule has 0 aliphatic rings. The first-order valence-electron chi connectivity index (χ1n) is 5.92. The first-order valence-corrected chi connectivity index (χ1v) is 5.92. The Morgan fingerprint density at radius 1 is 1.32 bits per heavy atom. The van der Waals surface area contributed by atoms with Crippen LogP contribution in [0.1, 0.15) is 18.4 Å². The first kappa shape index (κ1) is 15.3. The van der Waals surface area contributed by atoms with Crippen LogP contribution in [-0.2, 0) is 11.0 Å². The maximum absolute atomic E-state index is 12.5. The largest absolute Gasteiger partial charge is 0.416 e. The van der Waals surface area contributed by atoms with Crippen molar-refractivity contribution < 1.29 is 18.0 Å². The molecule has 0 bridgehead atoms. The minimum Gasteiger partial charge on any atom is -0.385 e. The smallest absolute Gasteiger partial charge is 0.385 e. The number of anilines is 1. The van der Waals surface area contributed by atoms with Gasteiger partial charge in [0.05, 0.1) is 5.56 Å². The van der Waals surface area contributed by atoms with Crippen LogP contribution in [0.25, 0.3) is 0 Å². The Morgan fingerprint density at radius 3 is 2.58 bits per heavy atom. The Hall–Kier alpha value is -1.72. The second-order valence-electron chi connectivity index (χ2n) is 4.40. The maximum Gasteiger partial charge on any atom is 0.416 e. The number of carbonyl (C=O) groups excluding carboxylic acids is 1. The van der Waals surface area contributed by atoms with Gasteiger partial charge < -0.3 is 10.2 Å². The van der Waals surface area contributed by atoms with Gasteiger partial charge in [-0.3, -0.25) is 4.79 Å². The van der Waals surface area contributed by atoms with E-state index in [9.17, 15) is 18.0 Å². The summed E-state index contributed by atoms with van der Waals surface area (Å²) in [5.74, 6) is 0.00541. The Bertz CT molecular complexity index is 430. The topological polar surface area (TPSA) is 32.3 Å². The molecule has 0 aliphatic heterocycles. The van der Waals surface area contributed by atoms with Gasteiger partial charge in [-0.1, -0.05) is 6.07 Å². The van der Waals surface area contributed by atoms with Crippen molar-refractivity contribution in [2.75, 3.05) is 26.0 Å². The lowest BCUT2D eigenvalue weighted by molar-refractivity contribution is -0.137. The minimum atomic E-state index is -4.33. The van der Waals surface area contributed by atoms with Gasteiger partial charge >= 0.3 is 6.18 Å². The van der Waals surface area contributed by atoms with Crippen LogP contribution in [0.5, 0.6) is 0 Å². The van der Waals surface area contributed by atoms with Crippen molar-refractivity contribution in [3.8, 4) is 0 Å². The van der Waals surface area contributed by atoms with E-state index < -0.39 is 11.7 Å². The van der Waals surface area contributed by atoms with Crippen LogP contribution in [0, 0.1) is 0 Å². The number of rotatable bonds is 5. The molecule has 0 unspecified atom stereocenters. The lowest BCUT2D eigenvalue weighted by Gasteiger charge is -2.12. The third-order valence-corrected chi connectivity index (χ3v) is 2.59. The highest BCUT2D eigenvalue weighted by molar-refractivity contribution is 5.75. The van der Waals surface area contributed by atoms with Gasteiger partial charge in [-0.25, -0.2) is 0 Å². The zero-order chi connectivity index (χ0) is 14.5. The standard InChI is InChI=1S/C13H17F3N2O/c1-18(2)12(19)7-4-8-17-11-6-3-5-10(9-11)13(14,15)16/h3,5-6,9,17H,4,7-8H2,1-2H3. The van der Waals surface area contributed by atoms with Gasteiger partial charge in [-0.05, 0) is 24.6 Å². The minimum absolute atomic E-state index is 0.00541. The summed E-state index contributed by atoms with van der Waals surface area (Å²) in [6, 6.07) is 5.02. The maximum atomic E-state index is 12.5. The molecule has 1 rings (SSSR count). The molecule has 106 valence electrons. The van der Waals surface area contributed by atoms with E-state index in [1.54, 1.807) is 20.2 Å². The van der Waals surface area contributed by atoms with Crippen LogP contribution < -0.4 is 5.32 Å². The predicted molar refractivity (Wildman–Crippen MR) is 67.9 cm³/mol. The fraction of sp³-hybridized carbons (Fsp3) is 0.462. The lowest BCUT2D eigenvalue weighted by atomic mass is 10.2. The second-order valence-corrected chi connectivity index (χ2v) is 4.40. The van der Waals surface area contributed by atoms with Gasteiger partial charge in [-0.2, -0.15) is 13.2 Å². The van der Waals surface area contributed by atoms with Crippen molar-refractivity contribution in [2.45, 2.75) is 19.0 Å². The fourth-order valence-corrected chi connectivity index (χ4v) is 1.50. The van der Waals surface area contributed by atoms with Crippen molar-refractivity contribution in [1.82, 2.24) is 4.90 Å². The van der Waals surface area contributed by atoms with E-state index in [1.807, 2.05) is 0 Å². The second kappa shape index (κ2) is 6.45. The van der Waals surface area contributed by atoms with Gasteiger partial charge in [0.15, 0.2) is 0 Å². The zero-order valence-electron chi connectivity index (χ0n) is 10.9. The van der Waals surface area contributed by atoms with Crippen LogP contribution in [-0.4, -0.2) is 31.4 Å². The number of hydrogen-bond donors (Lipinski definition) is 1. The van der Waals surface area contributed by atoms with Crippen LogP contribution in [0.3, 0.4) is 0 Å². The molecule has 1 amide bonds. The highest BCUT2D eigenvalue weighted by atomic mass is 19.4. The molecule has 0 saturated carbocycles. The van der Waals surface area contributed by atoms with Crippen LogP contribution in [0.4, 0.5) is 18.9 Å². The molecule has 0 spiro atoms. The van der Waals surface area contributed by atoms with Gasteiger partial charge in [0, 0.05) is 32.7 Å². The predicted octanol–water partition coefficient (Wildman–Crippen LogP) is 2.99. The van der Waals surface area contributed by atoms with Crippen molar-refractivity contribution in [3.63, 3.8) is 0 Å². The quantitative estimate of drug-likeness (QED) is 0.837. The Labute approximate surface area is 110 Å². The molecule has 1 N–H and O–H groups in total. The van der Waals surface area contributed by atoms with E-state index in [4.69, 9.17) is 0 Å². The number of carbonyl (C=O) groups is 1. The Kier molecular flexibility index (Phi) is 5.20. The summed E-state index contributed by atoms with van der Waals surface area (Å²) in [6.45, 7) is 0.459. The molecule has 0 aliphatic carbocycles. The third kappa shape index (κ3) is 5.19. The number of benzene rings is 1. The Morgan fingerprint density at radius 2 is 2.00 bits per heavy atom. The van der Waals surface area contributed by atoms with Crippen molar-refractivity contribution in [2.24, 2.45) is 0 Å². The molecule has 6 heteroatoms. The highest BCUT2D eigenvalue weighted by Gasteiger charge is 2.30. The summed E-state index contributed by atoms with van der Waals surface area (Å²) in [5.41, 5.74) is -0.269. The van der Waals surface area contributed by atoms with E-state index in [0.717, 1.165) is 12.1 Å². The van der Waals surface area contributed by atoms with Crippen LogP contribution >= 0.6 is 0 Å². The monoisotopic (exact) mass is 274 g/mol. The van der Waals surface area contributed by atoms with E-state index >= 15 is 0 Å². The number of amides is 1. The van der Waals surface area contributed by atoms with E-state index in [0.29, 0.717) is 25.1 Å². The number of nitrogens with one attached hydrogen (secondary N) is 1. The van der Waals surface area contributed by atoms with E-state index in [-0.39, 0.29) is 5.91 Å². The van der Waals surface area contributed by atoms with Crippen LogP contribution in [0.15, 0.2) is 24.3 Å². The molecule has 1 aromatic carbocycles. The van der Waals surface area contributed by atoms with Crippen molar-refractivity contribution >= 4 is 11.6 Å². The summed E-state index contributed by atoms with van der Waals surface area (Å²) < 4.78 is 37.4. The molecule has 1 aromatic rings. The normalized spacial score (nSPS) is 11.2. The average Bonchev–Trinajstić information content (AvgIpc) is 2.33. The molecule has 19 heavy (non-hydrogen) atoms. The fourth-order valence-electron chi connectivity index (χ4n) is 1.50. The molecule has 0 heterocycles. The molecule has 0 aromatic heterocycles. The average molecular weight is 274 g/mol. The molecule has 3 nitrogen and oxygen atoms in total.